The molecule has 0 aromatic heterocycles. The van der Waals surface area contributed by atoms with Gasteiger partial charge in [-0.05, 0) is 70.9 Å². The molecule has 5 rings (SSSR count). The van der Waals surface area contributed by atoms with Crippen LogP contribution >= 0.6 is 11.8 Å². The summed E-state index contributed by atoms with van der Waals surface area (Å²) in [6.45, 7) is 0.738. The van der Waals surface area contributed by atoms with Crippen LogP contribution in [0.5, 0.6) is 11.5 Å². The number of amides is 1. The Balaban J connectivity index is 1.40. The van der Waals surface area contributed by atoms with Crippen molar-refractivity contribution < 1.29 is 24.2 Å². The Morgan fingerprint density at radius 3 is 2.29 bits per heavy atom. The van der Waals surface area contributed by atoms with Gasteiger partial charge in [0.05, 0.1) is 36.4 Å². The molecule has 4 aromatic carbocycles. The molecule has 0 radical (unpaired) electrons. The Morgan fingerprint density at radius 1 is 0.902 bits per heavy atom. The SMILES string of the molecule is COc1ccc(/C=C2\SC(=Nc3ccccc3)N(Cc3ccc(C(=O)O)cc3)C2=O)cc1OCCc1ccccc1. The first kappa shape index (κ1) is 27.7. The predicted octanol–water partition coefficient (Wildman–Crippen LogP) is 6.82. The third-order valence-electron chi connectivity index (χ3n) is 6.39. The van der Waals surface area contributed by atoms with Crippen LogP contribution in [0.15, 0.2) is 113 Å². The molecule has 0 bridgehead atoms. The Labute approximate surface area is 242 Å². The molecule has 1 saturated heterocycles. The van der Waals surface area contributed by atoms with E-state index in [1.54, 1.807) is 24.1 Å². The van der Waals surface area contributed by atoms with Gasteiger partial charge in [0.1, 0.15) is 0 Å². The summed E-state index contributed by atoms with van der Waals surface area (Å²) in [5.41, 5.74) is 3.69. The van der Waals surface area contributed by atoms with E-state index >= 15 is 0 Å². The van der Waals surface area contributed by atoms with Crippen LogP contribution in [0.4, 0.5) is 5.69 Å². The number of thioether (sulfide) groups is 1. The Kier molecular flexibility index (Phi) is 8.81. The zero-order valence-corrected chi connectivity index (χ0v) is 23.2. The van der Waals surface area contributed by atoms with Crippen molar-refractivity contribution in [2.45, 2.75) is 13.0 Å². The molecular weight excluding hydrogens is 536 g/mol. The summed E-state index contributed by atoms with van der Waals surface area (Å²) in [6, 6.07) is 31.6. The van der Waals surface area contributed by atoms with E-state index in [0.29, 0.717) is 28.2 Å². The van der Waals surface area contributed by atoms with E-state index in [0.717, 1.165) is 23.2 Å². The summed E-state index contributed by atoms with van der Waals surface area (Å²) in [4.78, 5) is 31.8. The van der Waals surface area contributed by atoms with E-state index in [1.165, 1.54) is 29.5 Å². The summed E-state index contributed by atoms with van der Waals surface area (Å²) >= 11 is 1.30. The molecule has 0 saturated carbocycles. The molecule has 41 heavy (non-hydrogen) atoms. The number of para-hydroxylation sites is 1. The van der Waals surface area contributed by atoms with Crippen molar-refractivity contribution >= 4 is 40.6 Å². The van der Waals surface area contributed by atoms with Crippen LogP contribution in [0.1, 0.15) is 27.0 Å². The van der Waals surface area contributed by atoms with Gasteiger partial charge >= 0.3 is 5.97 Å². The lowest BCUT2D eigenvalue weighted by atomic mass is 10.1. The first-order valence-electron chi connectivity index (χ1n) is 13.0. The number of carbonyl (C=O) groups excluding carboxylic acids is 1. The van der Waals surface area contributed by atoms with Gasteiger partial charge in [-0.25, -0.2) is 9.79 Å². The van der Waals surface area contributed by atoms with Crippen LogP contribution < -0.4 is 9.47 Å². The molecule has 1 aliphatic rings. The third-order valence-corrected chi connectivity index (χ3v) is 7.39. The maximum atomic E-state index is 13.6. The van der Waals surface area contributed by atoms with Crippen LogP contribution in [0.25, 0.3) is 6.08 Å². The van der Waals surface area contributed by atoms with Crippen LogP contribution in [0.3, 0.4) is 0 Å². The number of carbonyl (C=O) groups is 2. The highest BCUT2D eigenvalue weighted by Gasteiger charge is 2.33. The van der Waals surface area contributed by atoms with Crippen molar-refractivity contribution in [3.63, 3.8) is 0 Å². The maximum Gasteiger partial charge on any atom is 0.335 e. The van der Waals surface area contributed by atoms with Crippen molar-refractivity contribution in [1.82, 2.24) is 4.90 Å². The average Bonchev–Trinajstić information content (AvgIpc) is 3.27. The fourth-order valence-corrected chi connectivity index (χ4v) is 5.25. The smallest absolute Gasteiger partial charge is 0.335 e. The highest BCUT2D eigenvalue weighted by Crippen LogP contribution is 2.36. The van der Waals surface area contributed by atoms with E-state index in [4.69, 9.17) is 14.5 Å². The van der Waals surface area contributed by atoms with Gasteiger partial charge in [0.2, 0.25) is 0 Å². The summed E-state index contributed by atoms with van der Waals surface area (Å²) in [7, 11) is 1.60. The lowest BCUT2D eigenvalue weighted by Crippen LogP contribution is -2.28. The van der Waals surface area contributed by atoms with E-state index in [1.807, 2.05) is 72.8 Å². The molecule has 0 unspecified atom stereocenters. The number of hydrogen-bond acceptors (Lipinski definition) is 6. The van der Waals surface area contributed by atoms with E-state index in [2.05, 4.69) is 12.1 Å². The zero-order valence-electron chi connectivity index (χ0n) is 22.4. The Bertz CT molecular complexity index is 1590. The number of carboxylic acid groups (broad SMARTS) is 1. The number of nitrogens with zero attached hydrogens (tertiary/aromatic N) is 2. The maximum absolute atomic E-state index is 13.6. The number of hydrogen-bond donors (Lipinski definition) is 1. The zero-order chi connectivity index (χ0) is 28.6. The topological polar surface area (TPSA) is 88.4 Å². The summed E-state index contributed by atoms with van der Waals surface area (Å²) < 4.78 is 11.6. The van der Waals surface area contributed by atoms with E-state index < -0.39 is 5.97 Å². The number of amidine groups is 1. The molecule has 206 valence electrons. The molecule has 1 aliphatic heterocycles. The largest absolute Gasteiger partial charge is 0.493 e. The average molecular weight is 565 g/mol. The quantitative estimate of drug-likeness (QED) is 0.213. The van der Waals surface area contributed by atoms with Gasteiger partial charge in [-0.3, -0.25) is 9.69 Å². The van der Waals surface area contributed by atoms with Crippen LogP contribution in [-0.2, 0) is 17.8 Å². The number of carboxylic acids is 1. The molecular formula is C33H28N2O5S. The van der Waals surface area contributed by atoms with E-state index in [-0.39, 0.29) is 18.0 Å². The van der Waals surface area contributed by atoms with Gasteiger partial charge in [0.15, 0.2) is 16.7 Å². The Morgan fingerprint density at radius 2 is 1.61 bits per heavy atom. The van der Waals surface area contributed by atoms with Crippen molar-refractivity contribution in [1.29, 1.82) is 0 Å². The first-order chi connectivity index (χ1) is 20.0. The molecule has 7 nitrogen and oxygen atoms in total. The number of ether oxygens (including phenoxy) is 2. The van der Waals surface area contributed by atoms with Gasteiger partial charge in [0, 0.05) is 6.42 Å². The lowest BCUT2D eigenvalue weighted by molar-refractivity contribution is -0.122. The monoisotopic (exact) mass is 564 g/mol. The fourth-order valence-electron chi connectivity index (χ4n) is 4.25. The standard InChI is InChI=1S/C33H28N2O5S/c1-39-28-17-14-25(20-29(28)40-19-18-23-8-4-2-5-9-23)21-30-31(36)35(22-24-12-15-26(16-13-24)32(37)38)33(41-30)34-27-10-6-3-7-11-27/h2-17,20-21H,18-19,22H2,1H3,(H,37,38)/b30-21-,34-33?. The first-order valence-corrected chi connectivity index (χ1v) is 13.8. The number of benzene rings is 4. The second-order valence-corrected chi connectivity index (χ2v) is 10.2. The molecule has 0 atom stereocenters. The van der Waals surface area contributed by atoms with Crippen molar-refractivity contribution in [3.05, 3.63) is 130 Å². The van der Waals surface area contributed by atoms with Crippen molar-refractivity contribution in [2.75, 3.05) is 13.7 Å². The molecule has 1 fully saturated rings. The van der Waals surface area contributed by atoms with Crippen LogP contribution in [0.2, 0.25) is 0 Å². The highest BCUT2D eigenvalue weighted by molar-refractivity contribution is 8.18. The minimum atomic E-state index is -0.996. The summed E-state index contributed by atoms with van der Waals surface area (Å²) in [5, 5.41) is 9.77. The van der Waals surface area contributed by atoms with Crippen LogP contribution in [0, 0.1) is 0 Å². The van der Waals surface area contributed by atoms with Crippen molar-refractivity contribution in [3.8, 4) is 11.5 Å². The van der Waals surface area contributed by atoms with Crippen LogP contribution in [-0.4, -0.2) is 40.8 Å². The molecule has 0 aliphatic carbocycles. The van der Waals surface area contributed by atoms with Gasteiger partial charge in [-0.2, -0.15) is 0 Å². The second kappa shape index (κ2) is 13.0. The fraction of sp³-hybridized carbons (Fsp3) is 0.121. The predicted molar refractivity (Wildman–Crippen MR) is 162 cm³/mol. The highest BCUT2D eigenvalue weighted by atomic mass is 32.2. The molecule has 1 N–H and O–H groups in total. The van der Waals surface area contributed by atoms with Gasteiger partial charge in [-0.15, -0.1) is 0 Å². The number of aliphatic imine (C=N–C) groups is 1. The minimum Gasteiger partial charge on any atom is -0.493 e. The number of aromatic carboxylic acids is 1. The van der Waals surface area contributed by atoms with Crippen molar-refractivity contribution in [2.24, 2.45) is 4.99 Å². The number of methoxy groups -OCH3 is 1. The third kappa shape index (κ3) is 7.04. The number of rotatable bonds is 10. The van der Waals surface area contributed by atoms with Gasteiger partial charge in [-0.1, -0.05) is 66.7 Å². The minimum absolute atomic E-state index is 0.186. The summed E-state index contributed by atoms with van der Waals surface area (Å²) in [5.74, 6) is 0.0309. The Hall–Kier alpha value is -4.82. The van der Waals surface area contributed by atoms with Gasteiger partial charge in [0.25, 0.3) is 5.91 Å². The lowest BCUT2D eigenvalue weighted by Gasteiger charge is -2.16. The van der Waals surface area contributed by atoms with Gasteiger partial charge < -0.3 is 14.6 Å². The second-order valence-electron chi connectivity index (χ2n) is 9.23. The molecule has 1 amide bonds. The molecule has 8 heteroatoms. The summed E-state index contributed by atoms with van der Waals surface area (Å²) in [6.07, 6.45) is 2.58. The molecule has 1 heterocycles. The molecule has 0 spiro atoms. The van der Waals surface area contributed by atoms with E-state index in [9.17, 15) is 14.7 Å². The molecule has 4 aromatic rings. The normalized spacial score (nSPS) is 15.0.